The van der Waals surface area contributed by atoms with Crippen LogP contribution in [0.5, 0.6) is 0 Å². The monoisotopic (exact) mass is 271 g/mol. The van der Waals surface area contributed by atoms with Crippen LogP contribution in [0.2, 0.25) is 0 Å². The summed E-state index contributed by atoms with van der Waals surface area (Å²) in [6.07, 6.45) is 3.15. The quantitative estimate of drug-likeness (QED) is 0.783. The van der Waals surface area contributed by atoms with E-state index in [9.17, 15) is 4.79 Å². The maximum absolute atomic E-state index is 11.9. The number of carbonyl (C=O) groups excluding carboxylic acids is 1. The SMILES string of the molecule is CN1CCCC(CNC(=O)CC2CSCCN2)C1. The van der Waals surface area contributed by atoms with Gasteiger partial charge < -0.3 is 15.5 Å². The molecule has 2 fully saturated rings. The highest BCUT2D eigenvalue weighted by atomic mass is 32.2. The van der Waals surface area contributed by atoms with Crippen LogP contribution in [0.15, 0.2) is 0 Å². The molecule has 5 heteroatoms. The molecule has 2 aliphatic rings. The van der Waals surface area contributed by atoms with Crippen molar-refractivity contribution in [3.8, 4) is 0 Å². The fourth-order valence-electron chi connectivity index (χ4n) is 2.74. The second kappa shape index (κ2) is 7.36. The zero-order valence-electron chi connectivity index (χ0n) is 11.3. The second-order valence-corrected chi connectivity index (χ2v) is 6.65. The number of carbonyl (C=O) groups is 1. The minimum absolute atomic E-state index is 0.211. The average Bonchev–Trinajstić information content (AvgIpc) is 2.38. The molecule has 2 aliphatic heterocycles. The molecule has 0 aromatic rings. The van der Waals surface area contributed by atoms with Crippen molar-refractivity contribution in [2.45, 2.75) is 25.3 Å². The fraction of sp³-hybridized carbons (Fsp3) is 0.923. The molecular formula is C13H25N3OS. The Morgan fingerprint density at radius 1 is 1.56 bits per heavy atom. The van der Waals surface area contributed by atoms with E-state index >= 15 is 0 Å². The van der Waals surface area contributed by atoms with E-state index in [-0.39, 0.29) is 5.91 Å². The molecule has 0 bridgehead atoms. The highest BCUT2D eigenvalue weighted by molar-refractivity contribution is 7.99. The van der Waals surface area contributed by atoms with Crippen molar-refractivity contribution >= 4 is 17.7 Å². The Labute approximate surface area is 114 Å². The van der Waals surface area contributed by atoms with Crippen LogP contribution < -0.4 is 10.6 Å². The normalized spacial score (nSPS) is 30.1. The van der Waals surface area contributed by atoms with Crippen molar-refractivity contribution in [3.63, 3.8) is 0 Å². The Morgan fingerprint density at radius 3 is 3.17 bits per heavy atom. The number of likely N-dealkylation sites (tertiary alicyclic amines) is 1. The van der Waals surface area contributed by atoms with Crippen molar-refractivity contribution < 1.29 is 4.79 Å². The predicted molar refractivity (Wildman–Crippen MR) is 77.0 cm³/mol. The lowest BCUT2D eigenvalue weighted by Crippen LogP contribution is -2.43. The maximum Gasteiger partial charge on any atom is 0.221 e. The van der Waals surface area contributed by atoms with Gasteiger partial charge in [-0.25, -0.2) is 0 Å². The van der Waals surface area contributed by atoms with Crippen LogP contribution in [0, 0.1) is 5.92 Å². The van der Waals surface area contributed by atoms with Gasteiger partial charge in [-0.05, 0) is 32.4 Å². The first-order valence-corrected chi connectivity index (χ1v) is 8.16. The number of thioether (sulfide) groups is 1. The molecule has 0 aliphatic carbocycles. The van der Waals surface area contributed by atoms with E-state index < -0.39 is 0 Å². The van der Waals surface area contributed by atoms with Crippen LogP contribution in [0.4, 0.5) is 0 Å². The van der Waals surface area contributed by atoms with Crippen LogP contribution in [-0.4, -0.2) is 61.6 Å². The van der Waals surface area contributed by atoms with Gasteiger partial charge in [0.1, 0.15) is 0 Å². The first-order valence-electron chi connectivity index (χ1n) is 7.00. The van der Waals surface area contributed by atoms with E-state index in [0.717, 1.165) is 25.4 Å². The van der Waals surface area contributed by atoms with Gasteiger partial charge in [-0.1, -0.05) is 0 Å². The van der Waals surface area contributed by atoms with Crippen LogP contribution in [-0.2, 0) is 4.79 Å². The molecule has 2 N–H and O–H groups in total. The average molecular weight is 271 g/mol. The molecule has 2 heterocycles. The number of hydrogen-bond acceptors (Lipinski definition) is 4. The molecule has 1 amide bonds. The molecule has 4 nitrogen and oxygen atoms in total. The van der Waals surface area contributed by atoms with Crippen LogP contribution >= 0.6 is 11.8 Å². The van der Waals surface area contributed by atoms with E-state index in [2.05, 4.69) is 22.6 Å². The Bertz CT molecular complexity index is 269. The first kappa shape index (κ1) is 14.2. The minimum Gasteiger partial charge on any atom is -0.356 e. The van der Waals surface area contributed by atoms with Crippen molar-refractivity contribution in [2.24, 2.45) is 5.92 Å². The van der Waals surface area contributed by atoms with Crippen molar-refractivity contribution in [3.05, 3.63) is 0 Å². The summed E-state index contributed by atoms with van der Waals surface area (Å²) in [5, 5.41) is 6.51. The lowest BCUT2D eigenvalue weighted by atomic mass is 9.98. The zero-order chi connectivity index (χ0) is 12.8. The summed E-state index contributed by atoms with van der Waals surface area (Å²) in [5.74, 6) is 3.09. The van der Waals surface area contributed by atoms with Gasteiger partial charge >= 0.3 is 0 Å². The molecule has 2 rings (SSSR count). The smallest absolute Gasteiger partial charge is 0.221 e. The Balaban J connectivity index is 1.61. The summed E-state index contributed by atoms with van der Waals surface area (Å²) in [7, 11) is 2.16. The number of nitrogens with zero attached hydrogens (tertiary/aromatic N) is 1. The third kappa shape index (κ3) is 4.78. The van der Waals surface area contributed by atoms with Gasteiger partial charge in [0.05, 0.1) is 0 Å². The lowest BCUT2D eigenvalue weighted by molar-refractivity contribution is -0.121. The van der Waals surface area contributed by atoms with Gasteiger partial charge in [-0.3, -0.25) is 4.79 Å². The largest absolute Gasteiger partial charge is 0.356 e. The molecule has 2 atom stereocenters. The van der Waals surface area contributed by atoms with E-state index in [0.29, 0.717) is 18.4 Å². The van der Waals surface area contributed by atoms with Crippen LogP contribution in [0.25, 0.3) is 0 Å². The summed E-state index contributed by atoms with van der Waals surface area (Å²) in [4.78, 5) is 14.2. The summed E-state index contributed by atoms with van der Waals surface area (Å²) < 4.78 is 0. The van der Waals surface area contributed by atoms with Gasteiger partial charge in [0.15, 0.2) is 0 Å². The molecule has 18 heavy (non-hydrogen) atoms. The van der Waals surface area contributed by atoms with Crippen molar-refractivity contribution in [1.29, 1.82) is 0 Å². The van der Waals surface area contributed by atoms with E-state index in [1.807, 2.05) is 11.8 Å². The molecular weight excluding hydrogens is 246 g/mol. The van der Waals surface area contributed by atoms with E-state index in [4.69, 9.17) is 0 Å². The highest BCUT2D eigenvalue weighted by Gasteiger charge is 2.20. The number of amides is 1. The Hall–Kier alpha value is -0.260. The minimum atomic E-state index is 0.211. The third-order valence-corrected chi connectivity index (χ3v) is 4.87. The van der Waals surface area contributed by atoms with E-state index in [1.54, 1.807) is 0 Å². The Morgan fingerprint density at radius 2 is 2.44 bits per heavy atom. The van der Waals surface area contributed by atoms with Gasteiger partial charge in [0, 0.05) is 43.6 Å². The number of hydrogen-bond donors (Lipinski definition) is 2. The molecule has 0 radical (unpaired) electrons. The molecule has 0 aromatic carbocycles. The van der Waals surface area contributed by atoms with Gasteiger partial charge in [0.25, 0.3) is 0 Å². The topological polar surface area (TPSA) is 44.4 Å². The second-order valence-electron chi connectivity index (χ2n) is 5.50. The first-order chi connectivity index (χ1) is 8.74. The van der Waals surface area contributed by atoms with Gasteiger partial charge in [-0.2, -0.15) is 11.8 Å². The molecule has 104 valence electrons. The van der Waals surface area contributed by atoms with Crippen LogP contribution in [0.1, 0.15) is 19.3 Å². The molecule has 2 saturated heterocycles. The fourth-order valence-corrected chi connectivity index (χ4v) is 3.69. The predicted octanol–water partition coefficient (Wildman–Crippen LogP) is 0.540. The number of piperidine rings is 1. The highest BCUT2D eigenvalue weighted by Crippen LogP contribution is 2.14. The number of nitrogens with one attached hydrogen (secondary N) is 2. The lowest BCUT2D eigenvalue weighted by Gasteiger charge is -2.30. The van der Waals surface area contributed by atoms with E-state index in [1.165, 1.54) is 25.1 Å². The Kier molecular flexibility index (Phi) is 5.79. The summed E-state index contributed by atoms with van der Waals surface area (Å²) in [6, 6.07) is 0.373. The zero-order valence-corrected chi connectivity index (χ0v) is 12.1. The van der Waals surface area contributed by atoms with Gasteiger partial charge in [-0.15, -0.1) is 0 Å². The molecule has 0 aromatic heterocycles. The molecule has 0 spiro atoms. The molecule has 0 saturated carbocycles. The van der Waals surface area contributed by atoms with Crippen LogP contribution in [0.3, 0.4) is 0 Å². The summed E-state index contributed by atoms with van der Waals surface area (Å²) in [6.45, 7) is 4.21. The van der Waals surface area contributed by atoms with Crippen molar-refractivity contribution in [2.75, 3.05) is 44.7 Å². The summed E-state index contributed by atoms with van der Waals surface area (Å²) in [5.41, 5.74) is 0. The number of rotatable bonds is 4. The van der Waals surface area contributed by atoms with Gasteiger partial charge in [0.2, 0.25) is 5.91 Å². The van der Waals surface area contributed by atoms with Crippen molar-refractivity contribution in [1.82, 2.24) is 15.5 Å². The summed E-state index contributed by atoms with van der Waals surface area (Å²) >= 11 is 1.94. The molecule has 2 unspecified atom stereocenters. The standard InChI is InChI=1S/C13H25N3OS/c1-16-5-2-3-11(9-16)8-15-13(17)7-12-10-18-6-4-14-12/h11-12,14H,2-10H2,1H3,(H,15,17). The third-order valence-electron chi connectivity index (χ3n) is 3.74. The maximum atomic E-state index is 11.9.